The summed E-state index contributed by atoms with van der Waals surface area (Å²) in [6.45, 7) is 1.58. The van der Waals surface area contributed by atoms with Crippen LogP contribution in [0.5, 0.6) is 0 Å². The summed E-state index contributed by atoms with van der Waals surface area (Å²) < 4.78 is 0. The van der Waals surface area contributed by atoms with Gasteiger partial charge >= 0.3 is 0 Å². The number of aromatic nitrogens is 2. The van der Waals surface area contributed by atoms with Crippen molar-refractivity contribution in [3.05, 3.63) is 90.4 Å². The molecule has 3 aromatic rings. The van der Waals surface area contributed by atoms with Crippen molar-refractivity contribution in [2.45, 2.75) is 6.92 Å². The molecule has 1 aromatic heterocycles. The number of non-ortho nitro benzene ring substituents is 2. The molecule has 0 aliphatic carbocycles. The first-order valence-corrected chi connectivity index (χ1v) is 8.18. The maximum atomic E-state index is 12.8. The smallest absolute Gasteiger partial charge is 0.277 e. The lowest BCUT2D eigenvalue weighted by Gasteiger charge is -2.11. The SMILES string of the molecule is Cc1n[nH]c(=O)c(C(=O)Nc2ccc([N+](=O)[O-])cc2)c1-c1ccc([N+](=O)[O-])cc1. The number of aromatic amines is 1. The largest absolute Gasteiger partial charge is 0.322 e. The van der Waals surface area contributed by atoms with Crippen LogP contribution in [-0.4, -0.2) is 26.0 Å². The zero-order chi connectivity index (χ0) is 21.1. The van der Waals surface area contributed by atoms with E-state index in [4.69, 9.17) is 0 Å². The molecule has 0 aliphatic heterocycles. The van der Waals surface area contributed by atoms with Gasteiger partial charge in [-0.1, -0.05) is 0 Å². The Kier molecular flexibility index (Phi) is 5.13. The summed E-state index contributed by atoms with van der Waals surface area (Å²) in [6, 6.07) is 10.5. The summed E-state index contributed by atoms with van der Waals surface area (Å²) >= 11 is 0. The number of hydrogen-bond donors (Lipinski definition) is 2. The summed E-state index contributed by atoms with van der Waals surface area (Å²) in [7, 11) is 0. The fourth-order valence-corrected chi connectivity index (χ4v) is 2.72. The minimum atomic E-state index is -0.751. The van der Waals surface area contributed by atoms with Crippen molar-refractivity contribution in [1.29, 1.82) is 0 Å². The lowest BCUT2D eigenvalue weighted by atomic mass is 9.99. The third kappa shape index (κ3) is 3.98. The van der Waals surface area contributed by atoms with Crippen LogP contribution in [0.3, 0.4) is 0 Å². The quantitative estimate of drug-likeness (QED) is 0.496. The van der Waals surface area contributed by atoms with Gasteiger partial charge in [-0.05, 0) is 36.8 Å². The van der Waals surface area contributed by atoms with Crippen molar-refractivity contribution in [2.24, 2.45) is 0 Å². The Hall–Kier alpha value is -4.41. The molecule has 0 saturated heterocycles. The maximum absolute atomic E-state index is 12.8. The monoisotopic (exact) mass is 395 g/mol. The van der Waals surface area contributed by atoms with E-state index in [9.17, 15) is 29.8 Å². The van der Waals surface area contributed by atoms with Crippen LogP contribution in [-0.2, 0) is 0 Å². The number of H-pyrrole nitrogens is 1. The number of anilines is 1. The molecule has 2 aromatic carbocycles. The molecular weight excluding hydrogens is 382 g/mol. The number of carbonyl (C=O) groups excluding carboxylic acids is 1. The number of carbonyl (C=O) groups is 1. The van der Waals surface area contributed by atoms with Gasteiger partial charge < -0.3 is 5.32 Å². The first-order chi connectivity index (χ1) is 13.8. The number of nitrogens with one attached hydrogen (secondary N) is 2. The lowest BCUT2D eigenvalue weighted by molar-refractivity contribution is -0.385. The fourth-order valence-electron chi connectivity index (χ4n) is 2.72. The van der Waals surface area contributed by atoms with Crippen molar-refractivity contribution in [2.75, 3.05) is 5.32 Å². The Bertz CT molecular complexity index is 1170. The first kappa shape index (κ1) is 19.4. The van der Waals surface area contributed by atoms with Gasteiger partial charge in [-0.25, -0.2) is 5.10 Å². The number of hydrogen-bond acceptors (Lipinski definition) is 7. The average molecular weight is 395 g/mol. The first-order valence-electron chi connectivity index (χ1n) is 8.18. The molecule has 0 bridgehead atoms. The minimum Gasteiger partial charge on any atom is -0.322 e. The van der Waals surface area contributed by atoms with E-state index < -0.39 is 21.3 Å². The van der Waals surface area contributed by atoms with Crippen LogP contribution in [0.1, 0.15) is 16.1 Å². The number of nitro groups is 2. The number of nitro benzene ring substituents is 2. The van der Waals surface area contributed by atoms with Crippen molar-refractivity contribution in [3.8, 4) is 11.1 Å². The van der Waals surface area contributed by atoms with E-state index in [1.54, 1.807) is 6.92 Å². The molecule has 0 spiro atoms. The molecular formula is C18H13N5O6. The predicted octanol–water partition coefficient (Wildman–Crippen LogP) is 2.81. The summed E-state index contributed by atoms with van der Waals surface area (Å²) in [5.41, 5.74) is -0.0404. The third-order valence-electron chi connectivity index (χ3n) is 4.09. The molecule has 29 heavy (non-hydrogen) atoms. The van der Waals surface area contributed by atoms with Crippen LogP contribution in [0.2, 0.25) is 0 Å². The molecule has 11 nitrogen and oxygen atoms in total. The number of aryl methyl sites for hydroxylation is 1. The Morgan fingerprint density at radius 1 is 0.966 bits per heavy atom. The van der Waals surface area contributed by atoms with E-state index in [0.717, 1.165) is 0 Å². The molecule has 3 rings (SSSR count). The second kappa shape index (κ2) is 7.68. The summed E-state index contributed by atoms with van der Waals surface area (Å²) in [5, 5.41) is 30.2. The number of benzene rings is 2. The molecule has 11 heteroatoms. The van der Waals surface area contributed by atoms with Gasteiger partial charge in [-0.3, -0.25) is 29.8 Å². The van der Waals surface area contributed by atoms with Crippen molar-refractivity contribution in [1.82, 2.24) is 10.2 Å². The van der Waals surface area contributed by atoms with Crippen LogP contribution < -0.4 is 10.9 Å². The molecule has 1 heterocycles. The highest BCUT2D eigenvalue weighted by Gasteiger charge is 2.21. The number of amides is 1. The Balaban J connectivity index is 2.01. The zero-order valence-corrected chi connectivity index (χ0v) is 14.9. The fraction of sp³-hybridized carbons (Fsp3) is 0.0556. The van der Waals surface area contributed by atoms with Crippen LogP contribution >= 0.6 is 0 Å². The van der Waals surface area contributed by atoms with E-state index in [0.29, 0.717) is 11.3 Å². The van der Waals surface area contributed by atoms with Gasteiger partial charge in [0.25, 0.3) is 22.8 Å². The van der Waals surface area contributed by atoms with Crippen molar-refractivity contribution >= 4 is 23.0 Å². The number of rotatable bonds is 5. The van der Waals surface area contributed by atoms with Crippen LogP contribution in [0.4, 0.5) is 17.1 Å². The highest BCUT2D eigenvalue weighted by molar-refractivity contribution is 6.08. The molecule has 1 amide bonds. The Morgan fingerprint density at radius 3 is 2.00 bits per heavy atom. The van der Waals surface area contributed by atoms with Gasteiger partial charge in [-0.15, -0.1) is 0 Å². The van der Waals surface area contributed by atoms with E-state index in [1.807, 2.05) is 0 Å². The molecule has 2 N–H and O–H groups in total. The standard InChI is InChI=1S/C18H13N5O6/c1-10-15(11-2-6-13(7-3-11)22(26)27)16(18(25)21-20-10)17(24)19-12-4-8-14(9-5-12)23(28)29/h2-9H,1H3,(H,19,24)(H,21,25). The molecule has 0 atom stereocenters. The van der Waals surface area contributed by atoms with E-state index >= 15 is 0 Å². The summed E-state index contributed by atoms with van der Waals surface area (Å²) in [6.07, 6.45) is 0. The second-order valence-electron chi connectivity index (χ2n) is 5.95. The van der Waals surface area contributed by atoms with Gasteiger partial charge in [-0.2, -0.15) is 5.10 Å². The van der Waals surface area contributed by atoms with Gasteiger partial charge in [0.1, 0.15) is 5.56 Å². The molecule has 146 valence electrons. The van der Waals surface area contributed by atoms with Gasteiger partial charge in [0.05, 0.1) is 15.5 Å². The average Bonchev–Trinajstić information content (AvgIpc) is 2.69. The summed E-state index contributed by atoms with van der Waals surface area (Å²) in [5.74, 6) is -0.751. The topological polar surface area (TPSA) is 161 Å². The minimum absolute atomic E-state index is 0.138. The molecule has 0 radical (unpaired) electrons. The van der Waals surface area contributed by atoms with E-state index in [2.05, 4.69) is 15.5 Å². The highest BCUT2D eigenvalue weighted by Crippen LogP contribution is 2.27. The van der Waals surface area contributed by atoms with Crippen LogP contribution in [0.25, 0.3) is 11.1 Å². The van der Waals surface area contributed by atoms with E-state index in [1.165, 1.54) is 48.5 Å². The molecule has 0 unspecified atom stereocenters. The van der Waals surface area contributed by atoms with Gasteiger partial charge in [0.2, 0.25) is 0 Å². The predicted molar refractivity (Wildman–Crippen MR) is 103 cm³/mol. The van der Waals surface area contributed by atoms with Crippen LogP contribution in [0, 0.1) is 27.2 Å². The lowest BCUT2D eigenvalue weighted by Crippen LogP contribution is -2.26. The number of nitrogens with zero attached hydrogens (tertiary/aromatic N) is 3. The highest BCUT2D eigenvalue weighted by atomic mass is 16.6. The zero-order valence-electron chi connectivity index (χ0n) is 14.9. The summed E-state index contributed by atoms with van der Waals surface area (Å²) in [4.78, 5) is 45.6. The van der Waals surface area contributed by atoms with Crippen LogP contribution in [0.15, 0.2) is 53.3 Å². The third-order valence-corrected chi connectivity index (χ3v) is 4.09. The molecule has 0 fully saturated rings. The van der Waals surface area contributed by atoms with Crippen molar-refractivity contribution < 1.29 is 14.6 Å². The Labute approximate surface area is 162 Å². The van der Waals surface area contributed by atoms with E-state index in [-0.39, 0.29) is 28.2 Å². The molecule has 0 saturated carbocycles. The second-order valence-corrected chi connectivity index (χ2v) is 5.95. The maximum Gasteiger partial charge on any atom is 0.277 e. The Morgan fingerprint density at radius 2 is 1.48 bits per heavy atom. The molecule has 0 aliphatic rings. The van der Waals surface area contributed by atoms with Gasteiger partial charge in [0, 0.05) is 35.5 Å². The van der Waals surface area contributed by atoms with Gasteiger partial charge in [0.15, 0.2) is 0 Å². The van der Waals surface area contributed by atoms with Crippen molar-refractivity contribution in [3.63, 3.8) is 0 Å². The normalized spacial score (nSPS) is 10.4.